The van der Waals surface area contributed by atoms with Gasteiger partial charge in [0, 0.05) is 12.2 Å². The molecule has 1 aliphatic heterocycles. The molecule has 0 bridgehead atoms. The third-order valence-corrected chi connectivity index (χ3v) is 3.96. The molecule has 0 saturated carbocycles. The minimum atomic E-state index is 0.463. The molecule has 20 heavy (non-hydrogen) atoms. The molecule has 100 valence electrons. The molecule has 1 heterocycles. The fraction of sp³-hybridized carbons (Fsp3) is 0.222. The van der Waals surface area contributed by atoms with Gasteiger partial charge in [-0.25, -0.2) is 0 Å². The summed E-state index contributed by atoms with van der Waals surface area (Å²) in [6, 6.07) is 19.4. The molecule has 0 fully saturated rings. The van der Waals surface area contributed by atoms with Crippen LogP contribution in [0.3, 0.4) is 0 Å². The summed E-state index contributed by atoms with van der Waals surface area (Å²) in [5.41, 5.74) is 4.03. The van der Waals surface area contributed by atoms with Crippen LogP contribution >= 0.6 is 0 Å². The van der Waals surface area contributed by atoms with Crippen molar-refractivity contribution in [3.8, 4) is 0 Å². The first-order valence-electron chi connectivity index (χ1n) is 7.33. The summed E-state index contributed by atoms with van der Waals surface area (Å²) in [4.78, 5) is 2.52. The summed E-state index contributed by atoms with van der Waals surface area (Å²) in [6.07, 6.45) is 2.27. The van der Waals surface area contributed by atoms with Crippen LogP contribution in [0.1, 0.15) is 25.0 Å². The van der Waals surface area contributed by atoms with Crippen LogP contribution in [0, 0.1) is 0 Å². The van der Waals surface area contributed by atoms with Gasteiger partial charge in [-0.2, -0.15) is 0 Å². The van der Waals surface area contributed by atoms with E-state index in [0.717, 1.165) is 6.54 Å². The van der Waals surface area contributed by atoms with E-state index in [2.05, 4.69) is 85.3 Å². The molecule has 1 aliphatic rings. The lowest BCUT2D eigenvalue weighted by atomic mass is 9.49. The Kier molecular flexibility index (Phi) is 3.64. The maximum atomic E-state index is 2.52. The van der Waals surface area contributed by atoms with Crippen molar-refractivity contribution in [3.63, 3.8) is 0 Å². The van der Waals surface area contributed by atoms with Crippen LogP contribution in [-0.4, -0.2) is 6.85 Å². The smallest absolute Gasteiger partial charge is 0.284 e. The van der Waals surface area contributed by atoms with Crippen molar-refractivity contribution >= 4 is 18.6 Å². The van der Waals surface area contributed by atoms with Crippen LogP contribution in [0.4, 0.5) is 5.69 Å². The van der Waals surface area contributed by atoms with Gasteiger partial charge in [-0.1, -0.05) is 74.4 Å². The van der Waals surface area contributed by atoms with E-state index >= 15 is 0 Å². The topological polar surface area (TPSA) is 3.24 Å². The van der Waals surface area contributed by atoms with Gasteiger partial charge in [0.25, 0.3) is 6.85 Å². The standard InChI is InChI=1S/C18H20BN/c1-15(2)19-13-12-17-10-6-7-11-18(17)20(19)14-16-8-4-3-5-9-16/h3-13,15H,14H2,1-2H3. The van der Waals surface area contributed by atoms with Crippen LogP contribution in [0.5, 0.6) is 0 Å². The number of rotatable bonds is 3. The van der Waals surface area contributed by atoms with Crippen LogP contribution in [0.2, 0.25) is 5.82 Å². The molecule has 2 heteroatoms. The van der Waals surface area contributed by atoms with Gasteiger partial charge in [0.05, 0.1) is 0 Å². The van der Waals surface area contributed by atoms with Crippen molar-refractivity contribution in [2.24, 2.45) is 0 Å². The summed E-state index contributed by atoms with van der Waals surface area (Å²) >= 11 is 0. The van der Waals surface area contributed by atoms with Gasteiger partial charge in [0.2, 0.25) is 0 Å². The van der Waals surface area contributed by atoms with Gasteiger partial charge in [0.15, 0.2) is 0 Å². The van der Waals surface area contributed by atoms with Crippen LogP contribution < -0.4 is 4.81 Å². The molecule has 0 aliphatic carbocycles. The first kappa shape index (κ1) is 13.0. The average Bonchev–Trinajstić information content (AvgIpc) is 2.48. The monoisotopic (exact) mass is 261 g/mol. The maximum absolute atomic E-state index is 2.52. The normalized spacial score (nSPS) is 13.8. The van der Waals surface area contributed by atoms with E-state index in [1.165, 1.54) is 16.8 Å². The van der Waals surface area contributed by atoms with Gasteiger partial charge in [-0.05, 0) is 23.0 Å². The Hall–Kier alpha value is -1.96. The zero-order valence-electron chi connectivity index (χ0n) is 12.2. The molecule has 2 aromatic carbocycles. The summed E-state index contributed by atoms with van der Waals surface area (Å²) in [6.45, 7) is 6.01. The van der Waals surface area contributed by atoms with Gasteiger partial charge in [0.1, 0.15) is 0 Å². The molecular formula is C18H20BN. The van der Waals surface area contributed by atoms with Crippen molar-refractivity contribution in [1.29, 1.82) is 0 Å². The lowest BCUT2D eigenvalue weighted by Gasteiger charge is -2.36. The summed E-state index contributed by atoms with van der Waals surface area (Å²) in [5, 5.41) is 0. The molecule has 2 aromatic rings. The van der Waals surface area contributed by atoms with Gasteiger partial charge in [-0.15, -0.1) is 0 Å². The van der Waals surface area contributed by atoms with E-state index in [-0.39, 0.29) is 0 Å². The molecule has 0 N–H and O–H groups in total. The first-order valence-corrected chi connectivity index (χ1v) is 7.33. The van der Waals surface area contributed by atoms with E-state index in [4.69, 9.17) is 0 Å². The predicted molar refractivity (Wildman–Crippen MR) is 89.0 cm³/mol. The highest BCUT2D eigenvalue weighted by Gasteiger charge is 2.28. The fourth-order valence-corrected chi connectivity index (χ4v) is 2.91. The third-order valence-electron chi connectivity index (χ3n) is 3.96. The van der Waals surface area contributed by atoms with E-state index in [1.807, 2.05) is 0 Å². The van der Waals surface area contributed by atoms with Crippen molar-refractivity contribution in [1.82, 2.24) is 0 Å². The number of hydrogen-bond donors (Lipinski definition) is 0. The zero-order chi connectivity index (χ0) is 13.9. The zero-order valence-corrected chi connectivity index (χ0v) is 12.2. The number of benzene rings is 2. The second-order valence-electron chi connectivity index (χ2n) is 5.77. The predicted octanol–water partition coefficient (Wildman–Crippen LogP) is 4.66. The molecule has 0 unspecified atom stereocenters. The van der Waals surface area contributed by atoms with Gasteiger partial charge in [-0.3, -0.25) is 0 Å². The number of fused-ring (bicyclic) bond motifs is 1. The third kappa shape index (κ3) is 2.51. The second kappa shape index (κ2) is 5.58. The SMILES string of the molecule is CC(C)B1C=Cc2ccccc2N1Cc1ccccc1. The minimum Gasteiger partial charge on any atom is -0.406 e. The summed E-state index contributed by atoms with van der Waals surface area (Å²) in [5.74, 6) is 2.94. The van der Waals surface area contributed by atoms with Crippen LogP contribution in [-0.2, 0) is 6.54 Å². The molecule has 0 saturated heterocycles. The van der Waals surface area contributed by atoms with Crippen LogP contribution in [0.15, 0.2) is 60.6 Å². The highest BCUT2D eigenvalue weighted by atomic mass is 15.1. The molecule has 0 amide bonds. The lowest BCUT2D eigenvalue weighted by Crippen LogP contribution is -2.41. The highest BCUT2D eigenvalue weighted by molar-refractivity contribution is 6.71. The van der Waals surface area contributed by atoms with Gasteiger partial charge >= 0.3 is 0 Å². The number of hydrogen-bond acceptors (Lipinski definition) is 1. The number of para-hydroxylation sites is 1. The van der Waals surface area contributed by atoms with Crippen molar-refractivity contribution in [2.75, 3.05) is 4.81 Å². The minimum absolute atomic E-state index is 0.463. The van der Waals surface area contributed by atoms with Crippen molar-refractivity contribution in [2.45, 2.75) is 26.2 Å². The Morgan fingerprint density at radius 1 is 0.950 bits per heavy atom. The molecule has 0 spiro atoms. The molecule has 0 atom stereocenters. The summed E-state index contributed by atoms with van der Waals surface area (Å²) in [7, 11) is 0. The maximum Gasteiger partial charge on any atom is 0.284 e. The Bertz CT molecular complexity index is 604. The Morgan fingerprint density at radius 3 is 2.40 bits per heavy atom. The average molecular weight is 261 g/mol. The van der Waals surface area contributed by atoms with Crippen molar-refractivity contribution < 1.29 is 0 Å². The van der Waals surface area contributed by atoms with E-state index in [1.54, 1.807) is 0 Å². The quantitative estimate of drug-likeness (QED) is 0.726. The number of anilines is 1. The highest BCUT2D eigenvalue weighted by Crippen LogP contribution is 2.32. The van der Waals surface area contributed by atoms with Crippen molar-refractivity contribution in [3.05, 3.63) is 71.7 Å². The van der Waals surface area contributed by atoms with E-state index < -0.39 is 0 Å². The Labute approximate surface area is 122 Å². The van der Waals surface area contributed by atoms with Gasteiger partial charge < -0.3 is 4.81 Å². The Balaban J connectivity index is 1.97. The van der Waals surface area contributed by atoms with E-state index in [0.29, 0.717) is 12.7 Å². The lowest BCUT2D eigenvalue weighted by molar-refractivity contribution is 0.951. The molecule has 0 aromatic heterocycles. The first-order chi connectivity index (χ1) is 9.75. The van der Waals surface area contributed by atoms with Crippen LogP contribution in [0.25, 0.3) is 6.08 Å². The molecular weight excluding hydrogens is 241 g/mol. The number of nitrogens with zero attached hydrogens (tertiary/aromatic N) is 1. The molecule has 0 radical (unpaired) electrons. The summed E-state index contributed by atoms with van der Waals surface area (Å²) < 4.78 is 0. The largest absolute Gasteiger partial charge is 0.406 e. The van der Waals surface area contributed by atoms with E-state index in [9.17, 15) is 0 Å². The molecule has 1 nitrogen and oxygen atoms in total. The second-order valence-corrected chi connectivity index (χ2v) is 5.77. The Morgan fingerprint density at radius 2 is 1.65 bits per heavy atom. The molecule has 3 rings (SSSR count). The fourth-order valence-electron chi connectivity index (χ4n) is 2.91.